The molecule has 3 aromatic carbocycles. The number of anilines is 3. The van der Waals surface area contributed by atoms with Gasteiger partial charge in [-0.3, -0.25) is 22.8 Å². The number of piperidine rings is 1. The number of nitrogens with one attached hydrogen (secondary N) is 4. The second-order valence-corrected chi connectivity index (χ2v) is 30.7. The molecule has 27 heteroatoms. The maximum Gasteiger partial charge on any atom is 0.319 e. The number of hydrogen-bond donors (Lipinski definition) is 7. The van der Waals surface area contributed by atoms with Crippen LogP contribution < -0.4 is 22.5 Å². The van der Waals surface area contributed by atoms with E-state index in [1.54, 1.807) is 83.4 Å². The van der Waals surface area contributed by atoms with Crippen LogP contribution in [-0.4, -0.2) is 148 Å². The fourth-order valence-corrected chi connectivity index (χ4v) is 17.8. The molecule has 1 saturated heterocycles. The third-order valence-corrected chi connectivity index (χ3v) is 23.4. The number of carbonyl (C=O) groups is 3. The molecule has 24 nitrogen and oxygen atoms in total. The topological polar surface area (TPSA) is 315 Å². The van der Waals surface area contributed by atoms with Crippen molar-refractivity contribution in [3.8, 4) is 65.7 Å². The Bertz CT molecular complexity index is 5430. The Labute approximate surface area is 616 Å². The Morgan fingerprint density at radius 2 is 0.924 bits per heavy atom. The fraction of sp³-hybridized carbons (Fsp3) is 0.295. The van der Waals surface area contributed by atoms with Crippen molar-refractivity contribution in [3.63, 3.8) is 0 Å². The van der Waals surface area contributed by atoms with E-state index in [1.165, 1.54) is 10.4 Å². The normalized spacial score (nSPS) is 17.1. The van der Waals surface area contributed by atoms with E-state index in [1.807, 2.05) is 66.8 Å². The number of urea groups is 1. The number of likely N-dealkylation sites (tertiary alicyclic amines) is 1. The number of amides is 4. The lowest BCUT2D eigenvalue weighted by Crippen LogP contribution is -2.43. The third-order valence-electron chi connectivity index (χ3n) is 20.9. The van der Waals surface area contributed by atoms with Gasteiger partial charge in [-0.15, -0.1) is 34.0 Å². The number of carbonyl (C=O) groups excluding carboxylic acids is 3. The van der Waals surface area contributed by atoms with Crippen molar-refractivity contribution in [2.75, 3.05) is 65.0 Å². The first-order chi connectivity index (χ1) is 51.1. The predicted molar refractivity (Wildman–Crippen MR) is 419 cm³/mol. The van der Waals surface area contributed by atoms with Crippen LogP contribution in [0, 0.1) is 11.8 Å². The van der Waals surface area contributed by atoms with Crippen molar-refractivity contribution >= 4 is 119 Å². The van der Waals surface area contributed by atoms with E-state index in [0.29, 0.717) is 42.4 Å². The van der Waals surface area contributed by atoms with E-state index in [-0.39, 0.29) is 35.6 Å². The summed E-state index contributed by atoms with van der Waals surface area (Å²) in [6.07, 6.45) is 24.2. The zero-order valence-electron chi connectivity index (χ0n) is 59.0. The van der Waals surface area contributed by atoms with Gasteiger partial charge >= 0.3 is 6.03 Å². The molecule has 0 atom stereocenters. The molecule has 2 saturated carbocycles. The molecule has 534 valence electrons. The van der Waals surface area contributed by atoms with Gasteiger partial charge in [0.25, 0.3) is 0 Å². The number of hydrogen-bond acceptors (Lipinski definition) is 17. The molecule has 3 fully saturated rings. The average molecular weight is 1460 g/mol. The van der Waals surface area contributed by atoms with Crippen LogP contribution in [0.2, 0.25) is 0 Å². The predicted octanol–water partition coefficient (Wildman–Crippen LogP) is 15.0. The van der Waals surface area contributed by atoms with Crippen LogP contribution in [0.15, 0.2) is 151 Å². The number of aromatic nitrogens is 14. The van der Waals surface area contributed by atoms with Gasteiger partial charge in [-0.1, -0.05) is 48.5 Å². The van der Waals surface area contributed by atoms with Crippen molar-refractivity contribution in [1.29, 1.82) is 0 Å². The number of rotatable bonds is 12. The van der Waals surface area contributed by atoms with Gasteiger partial charge in [0.15, 0.2) is 0 Å². The first-order valence-electron chi connectivity index (χ1n) is 35.6. The Balaban J connectivity index is 0.000000121. The minimum Gasteiger partial charge on any atom is -0.382 e. The molecule has 0 bridgehead atoms. The number of H-pyrrole nitrogens is 3. The number of thiophene rings is 1. The lowest BCUT2D eigenvalue weighted by molar-refractivity contribution is -0.134. The summed E-state index contributed by atoms with van der Waals surface area (Å²) in [5.74, 6) is 6.08. The first kappa shape index (κ1) is 68.2. The van der Waals surface area contributed by atoms with Gasteiger partial charge in [0.1, 0.15) is 78.6 Å². The number of nitrogens with zero attached hydrogens (tertiary/aromatic N) is 14. The number of nitrogens with two attached hydrogens (primary N) is 3. The number of benzene rings is 3. The lowest BCUT2D eigenvalue weighted by Gasteiger charge is -2.33. The molecule has 10 N–H and O–H groups in total. The van der Waals surface area contributed by atoms with Crippen molar-refractivity contribution in [2.45, 2.75) is 88.9 Å². The summed E-state index contributed by atoms with van der Waals surface area (Å²) < 4.78 is 6.28. The van der Waals surface area contributed by atoms with Gasteiger partial charge < -0.3 is 52.2 Å². The summed E-state index contributed by atoms with van der Waals surface area (Å²) >= 11 is 4.97. The highest BCUT2D eigenvalue weighted by Gasteiger charge is 2.34. The zero-order chi connectivity index (χ0) is 72.1. The Hall–Kier alpha value is -11.3. The van der Waals surface area contributed by atoms with Gasteiger partial charge in [-0.05, 0) is 112 Å². The van der Waals surface area contributed by atoms with Crippen LogP contribution in [0.1, 0.15) is 106 Å². The smallest absolute Gasteiger partial charge is 0.319 e. The van der Waals surface area contributed by atoms with E-state index < -0.39 is 0 Å². The number of fused-ring (bicyclic) bond motifs is 6. The largest absolute Gasteiger partial charge is 0.382 e. The van der Waals surface area contributed by atoms with Crippen LogP contribution in [0.3, 0.4) is 0 Å². The minimum absolute atomic E-state index is 0.0413. The molecule has 18 rings (SSSR count). The molecule has 15 aromatic rings. The summed E-state index contributed by atoms with van der Waals surface area (Å²) in [7, 11) is 7.25. The Morgan fingerprint density at radius 1 is 0.495 bits per heavy atom. The summed E-state index contributed by atoms with van der Waals surface area (Å²) in [6, 6.07) is 29.5. The van der Waals surface area contributed by atoms with Crippen molar-refractivity contribution in [2.24, 2.45) is 11.8 Å². The highest BCUT2D eigenvalue weighted by Crippen LogP contribution is 2.44. The van der Waals surface area contributed by atoms with Gasteiger partial charge in [0, 0.05) is 176 Å². The van der Waals surface area contributed by atoms with E-state index in [0.717, 1.165) is 193 Å². The monoisotopic (exact) mass is 1460 g/mol. The highest BCUT2D eigenvalue weighted by atomic mass is 32.1. The summed E-state index contributed by atoms with van der Waals surface area (Å²) in [5, 5.41) is 14.3. The molecule has 1 aliphatic heterocycles. The maximum atomic E-state index is 12.5. The number of thiazole rings is 2. The second-order valence-electron chi connectivity index (χ2n) is 27.9. The van der Waals surface area contributed by atoms with Gasteiger partial charge in [-0.2, -0.15) is 0 Å². The van der Waals surface area contributed by atoms with Crippen LogP contribution in [0.4, 0.5) is 22.2 Å². The molecule has 2 aliphatic carbocycles. The summed E-state index contributed by atoms with van der Waals surface area (Å²) in [4.78, 5) is 91.0. The van der Waals surface area contributed by atoms with Gasteiger partial charge in [-0.25, -0.2) is 44.7 Å². The fourth-order valence-electron chi connectivity index (χ4n) is 15.7. The Kier molecular flexibility index (Phi) is 18.7. The maximum absolute atomic E-state index is 12.5. The van der Waals surface area contributed by atoms with E-state index >= 15 is 0 Å². The average Bonchev–Trinajstić information content (AvgIpc) is 1.61. The molecule has 0 radical (unpaired) electrons. The molecular formula is C78H81N21O3S3. The molecule has 4 amide bonds. The van der Waals surface area contributed by atoms with Gasteiger partial charge in [0.05, 0.1) is 33.6 Å². The van der Waals surface area contributed by atoms with E-state index in [2.05, 4.69) is 143 Å². The third kappa shape index (κ3) is 13.2. The standard InChI is InChI=1S/C27H28N6OS.C26H27N7OS.C25H26N8OS/c1-16(34)30-15-17-7-9-18(10-8-17)27-32-24(25-26(28)29-11-12-33(25)27)21-14-19-4-2-5-20(23(19)31-21)22-6-3-13-35-22;1-32(2)26(34)16-8-6-15(7-9-16)24-31-21(22-23(27)28-10-12-33(22)24)19-14-17-4-3-5-18(20(17)30-19)25-29-11-13-35-25;1-31(2)25(34)32-10-6-15(7-11-32)23-30-20(21-22(26)27-8-12-33(21)23)18-14-16-4-3-5-17(19(16)29-18)24-28-9-13-35-24/h2-6,11-14,17-18,31H,7-10,15H2,1H3,(H2,28,29)(H,30,34);3-5,10-16,30H,6-9H2,1-2H3,(H2,27,28);3-5,8-9,12-15,29H,6-7,10-11H2,1-2H3,(H2,26,27). The van der Waals surface area contributed by atoms with Crippen LogP contribution in [0.25, 0.3) is 115 Å². The van der Waals surface area contributed by atoms with Crippen molar-refractivity contribution < 1.29 is 14.4 Å². The van der Waals surface area contributed by atoms with Crippen molar-refractivity contribution in [1.82, 2.24) is 88.0 Å². The lowest BCUT2D eigenvalue weighted by atomic mass is 9.81. The number of aromatic amines is 3. The summed E-state index contributed by atoms with van der Waals surface area (Å²) in [5.41, 5.74) is 33.3. The summed E-state index contributed by atoms with van der Waals surface area (Å²) in [6.45, 7) is 3.75. The number of para-hydroxylation sites is 3. The number of imidazole rings is 3. The van der Waals surface area contributed by atoms with Crippen LogP contribution in [-0.2, 0) is 9.59 Å². The molecule has 3 aliphatic rings. The quantitative estimate of drug-likeness (QED) is 0.0598. The highest BCUT2D eigenvalue weighted by molar-refractivity contribution is 7.14. The van der Waals surface area contributed by atoms with Crippen LogP contribution in [0.5, 0.6) is 0 Å². The SMILES string of the molecule is CC(=O)NCC1CCC(c2nc(-c3cc4cccc(-c5cccs5)c4[nH]3)c3c(N)nccn23)CC1.CN(C)C(=O)C1CCC(c2nc(-c3cc4cccc(-c5nccs5)c4[nH]3)c3c(N)nccn23)CC1.CN(C)C(=O)N1CCC(c2nc(-c3cc4cccc(-c5nccs5)c4[nH]3)c3c(N)nccn23)CC1. The molecular weight excluding hydrogens is 1380 g/mol. The number of nitrogen functional groups attached to an aromatic ring is 3. The van der Waals surface area contributed by atoms with E-state index in [4.69, 9.17) is 32.2 Å². The van der Waals surface area contributed by atoms with Crippen molar-refractivity contribution in [3.05, 3.63) is 168 Å². The molecule has 12 aromatic heterocycles. The minimum atomic E-state index is 0.0413. The molecule has 13 heterocycles. The zero-order valence-corrected chi connectivity index (χ0v) is 61.4. The molecule has 0 unspecified atom stereocenters. The Morgan fingerprint density at radius 3 is 1.32 bits per heavy atom. The molecule has 0 spiro atoms. The molecule has 105 heavy (non-hydrogen) atoms. The second kappa shape index (κ2) is 28.7. The van der Waals surface area contributed by atoms with E-state index in [9.17, 15) is 14.4 Å². The van der Waals surface area contributed by atoms with Gasteiger partial charge in [0.2, 0.25) is 11.8 Å². The first-order valence-corrected chi connectivity index (χ1v) is 38.2. The van der Waals surface area contributed by atoms with Crippen LogP contribution >= 0.6 is 34.0 Å².